The van der Waals surface area contributed by atoms with E-state index >= 15 is 0 Å². The van der Waals surface area contributed by atoms with Crippen LogP contribution in [0.4, 0.5) is 0 Å². The van der Waals surface area contributed by atoms with Gasteiger partial charge in [0.2, 0.25) is 0 Å². The van der Waals surface area contributed by atoms with E-state index in [2.05, 4.69) is 0 Å². The zero-order valence-corrected chi connectivity index (χ0v) is 5.75. The molecule has 3 heteroatoms. The number of halogens is 1. The zero-order valence-electron chi connectivity index (χ0n) is 5.00. The van der Waals surface area contributed by atoms with Crippen molar-refractivity contribution in [2.24, 2.45) is 0 Å². The highest BCUT2D eigenvalue weighted by molar-refractivity contribution is 6.17. The van der Waals surface area contributed by atoms with Gasteiger partial charge in [0, 0.05) is 12.4 Å². The topological polar surface area (TPSA) is 3.24 Å². The van der Waals surface area contributed by atoms with Crippen LogP contribution >= 0.6 is 11.6 Å². The van der Waals surface area contributed by atoms with Gasteiger partial charge in [0.1, 0.15) is 0 Å². The monoisotopic (exact) mass is 173 g/mol. The molecule has 1 rings (SSSR count). The lowest BCUT2D eigenvalue weighted by molar-refractivity contribution is 0.598. The van der Waals surface area contributed by atoms with Gasteiger partial charge in [0.25, 0.3) is 0 Å². The lowest BCUT2D eigenvalue weighted by atomic mass is 10.5. The van der Waals surface area contributed by atoms with Crippen LogP contribution in [0.1, 0.15) is 0 Å². The summed E-state index contributed by atoms with van der Waals surface area (Å²) in [5.74, 6) is 0. The summed E-state index contributed by atoms with van der Waals surface area (Å²) in [4.78, 5) is 1.89. The Bertz CT molecular complexity index is 147. The summed E-state index contributed by atoms with van der Waals surface area (Å²) < 4.78 is 0. The Kier molecular flexibility index (Phi) is 5.07. The van der Waals surface area contributed by atoms with Gasteiger partial charge in [-0.3, -0.25) is 0 Å². The maximum atomic E-state index is 5.55. The van der Waals surface area contributed by atoms with E-state index in [1.165, 1.54) is 0 Å². The second-order valence-electron chi connectivity index (χ2n) is 1.70. The molecule has 0 saturated carbocycles. The second-order valence-corrected chi connectivity index (χ2v) is 1.94. The fourth-order valence-electron chi connectivity index (χ4n) is 0.578. The van der Waals surface area contributed by atoms with Crippen molar-refractivity contribution in [3.8, 4) is 0 Å². The minimum absolute atomic E-state index is 0. The third-order valence-electron chi connectivity index (χ3n) is 1.03. The molecule has 0 aliphatic carbocycles. The van der Waals surface area contributed by atoms with Crippen LogP contribution in [0.5, 0.6) is 0 Å². The zero-order chi connectivity index (χ0) is 6.53. The fraction of sp³-hybridized carbons (Fsp3) is 0.143. The van der Waals surface area contributed by atoms with Gasteiger partial charge in [-0.15, -0.1) is 11.6 Å². The number of allylic oxidation sites excluding steroid dienone is 4. The van der Waals surface area contributed by atoms with Gasteiger partial charge >= 0.3 is 0 Å². The molecule has 1 aliphatic heterocycles. The van der Waals surface area contributed by atoms with Gasteiger partial charge < -0.3 is 4.90 Å². The summed E-state index contributed by atoms with van der Waals surface area (Å²) in [5.41, 5.74) is 0. The third kappa shape index (κ3) is 2.89. The first-order valence-electron chi connectivity index (χ1n) is 2.77. The van der Waals surface area contributed by atoms with Crippen molar-refractivity contribution in [2.45, 2.75) is 0 Å². The number of nitrogens with zero attached hydrogens (tertiary/aromatic N) is 1. The summed E-state index contributed by atoms with van der Waals surface area (Å²) in [6, 6.07) is 0.509. The molecule has 0 spiro atoms. The molecule has 0 amide bonds. The van der Waals surface area contributed by atoms with Crippen LogP contribution in [0.3, 0.4) is 0 Å². The van der Waals surface area contributed by atoms with Crippen LogP contribution in [-0.4, -0.2) is 21.9 Å². The van der Waals surface area contributed by atoms with Gasteiger partial charge in [-0.2, -0.15) is 0 Å². The number of alkyl halides is 1. The molecule has 0 N–H and O–H groups in total. The van der Waals surface area contributed by atoms with E-state index in [1.807, 2.05) is 41.6 Å². The Balaban J connectivity index is 0.000000810. The maximum Gasteiger partial charge on any atom is 0.0965 e. The SMILES string of the molecule is ClCN1C=CC=CC=C1.[SiH4]. The third-order valence-corrected chi connectivity index (χ3v) is 1.30. The molecule has 1 aliphatic rings. The minimum atomic E-state index is 0. The van der Waals surface area contributed by atoms with Gasteiger partial charge in [0.05, 0.1) is 6.00 Å². The normalized spacial score (nSPS) is 14.7. The lowest BCUT2D eigenvalue weighted by Crippen LogP contribution is -2.04. The summed E-state index contributed by atoms with van der Waals surface area (Å²) in [7, 11) is 0. The molecule has 10 heavy (non-hydrogen) atoms. The molecule has 1 nitrogen and oxygen atoms in total. The van der Waals surface area contributed by atoms with E-state index in [-0.39, 0.29) is 11.0 Å². The van der Waals surface area contributed by atoms with E-state index in [0.717, 1.165) is 0 Å². The summed E-state index contributed by atoms with van der Waals surface area (Å²) in [5, 5.41) is 0. The van der Waals surface area contributed by atoms with Crippen molar-refractivity contribution in [3.05, 3.63) is 36.7 Å². The first-order chi connectivity index (χ1) is 4.43. The minimum Gasteiger partial charge on any atom is -0.340 e. The standard InChI is InChI=1S/C7H8ClN.H4Si/c8-7-9-5-3-1-2-4-6-9;/h1-6H,7H2;1H4. The molecule has 0 saturated heterocycles. The Morgan fingerprint density at radius 1 is 1.00 bits per heavy atom. The summed E-state index contributed by atoms with van der Waals surface area (Å²) >= 11 is 5.55. The fourth-order valence-corrected chi connectivity index (χ4v) is 0.738. The van der Waals surface area contributed by atoms with Crippen molar-refractivity contribution in [3.63, 3.8) is 0 Å². The van der Waals surface area contributed by atoms with Gasteiger partial charge in [-0.25, -0.2) is 0 Å². The largest absolute Gasteiger partial charge is 0.340 e. The predicted molar refractivity (Wildman–Crippen MR) is 51.3 cm³/mol. The molecule has 0 aromatic heterocycles. The molecular weight excluding hydrogens is 162 g/mol. The Morgan fingerprint density at radius 2 is 1.50 bits per heavy atom. The molecule has 1 heterocycles. The number of hydrogen-bond donors (Lipinski definition) is 0. The van der Waals surface area contributed by atoms with Crippen LogP contribution in [-0.2, 0) is 0 Å². The average Bonchev–Trinajstić information content (AvgIpc) is 2.13. The first kappa shape index (κ1) is 9.53. The van der Waals surface area contributed by atoms with Crippen molar-refractivity contribution >= 4 is 22.6 Å². The Labute approximate surface area is 70.7 Å². The highest BCUT2D eigenvalue weighted by Crippen LogP contribution is 1.98. The molecule has 0 aromatic rings. The van der Waals surface area contributed by atoms with Crippen LogP contribution in [0.25, 0.3) is 0 Å². The van der Waals surface area contributed by atoms with Crippen molar-refractivity contribution < 1.29 is 0 Å². The van der Waals surface area contributed by atoms with Gasteiger partial charge in [-0.1, -0.05) is 12.2 Å². The Morgan fingerprint density at radius 3 is 1.90 bits per heavy atom. The quantitative estimate of drug-likeness (QED) is 0.320. The molecule has 0 aromatic carbocycles. The summed E-state index contributed by atoms with van der Waals surface area (Å²) in [6.07, 6.45) is 11.7. The van der Waals surface area contributed by atoms with Crippen molar-refractivity contribution in [2.75, 3.05) is 6.00 Å². The van der Waals surface area contributed by atoms with Crippen molar-refractivity contribution in [1.82, 2.24) is 4.90 Å². The van der Waals surface area contributed by atoms with Gasteiger partial charge in [-0.05, 0) is 23.1 Å². The molecule has 0 radical (unpaired) electrons. The number of rotatable bonds is 1. The lowest BCUT2D eigenvalue weighted by Gasteiger charge is -2.07. The number of hydrogen-bond acceptors (Lipinski definition) is 1. The molecule has 0 fully saturated rings. The van der Waals surface area contributed by atoms with Crippen LogP contribution in [0.2, 0.25) is 0 Å². The average molecular weight is 174 g/mol. The highest BCUT2D eigenvalue weighted by Gasteiger charge is 1.87. The second kappa shape index (κ2) is 5.32. The van der Waals surface area contributed by atoms with Crippen LogP contribution in [0, 0.1) is 0 Å². The first-order valence-corrected chi connectivity index (χ1v) is 3.30. The van der Waals surface area contributed by atoms with E-state index in [9.17, 15) is 0 Å². The predicted octanol–water partition coefficient (Wildman–Crippen LogP) is 0.630. The van der Waals surface area contributed by atoms with Crippen LogP contribution in [0.15, 0.2) is 36.7 Å². The Hall–Kier alpha value is -0.473. The molecule has 0 atom stereocenters. The van der Waals surface area contributed by atoms with Crippen LogP contribution < -0.4 is 0 Å². The summed E-state index contributed by atoms with van der Waals surface area (Å²) in [6.45, 7) is 0. The molecule has 0 unspecified atom stereocenters. The highest BCUT2D eigenvalue weighted by atomic mass is 35.5. The molecule has 0 bridgehead atoms. The van der Waals surface area contributed by atoms with E-state index in [4.69, 9.17) is 11.6 Å². The maximum absolute atomic E-state index is 5.55. The molecule has 56 valence electrons. The van der Waals surface area contributed by atoms with E-state index < -0.39 is 0 Å². The van der Waals surface area contributed by atoms with E-state index in [1.54, 1.807) is 0 Å². The molecular formula is C7H12ClNSi. The van der Waals surface area contributed by atoms with E-state index in [0.29, 0.717) is 6.00 Å². The van der Waals surface area contributed by atoms with Gasteiger partial charge in [0.15, 0.2) is 0 Å². The van der Waals surface area contributed by atoms with Crippen molar-refractivity contribution in [1.29, 1.82) is 0 Å². The smallest absolute Gasteiger partial charge is 0.0965 e.